The van der Waals surface area contributed by atoms with E-state index in [2.05, 4.69) is 20.6 Å². The van der Waals surface area contributed by atoms with Gasteiger partial charge in [-0.1, -0.05) is 0 Å². The van der Waals surface area contributed by atoms with E-state index >= 15 is 0 Å². The average Bonchev–Trinajstić information content (AvgIpc) is 3.03. The summed E-state index contributed by atoms with van der Waals surface area (Å²) in [6, 6.07) is -3.97. The quantitative estimate of drug-likeness (QED) is 0.220. The van der Waals surface area contributed by atoms with E-state index in [4.69, 9.17) is 16.6 Å². The minimum atomic E-state index is -1.49. The van der Waals surface area contributed by atoms with Gasteiger partial charge in [0.1, 0.15) is 12.1 Å². The Morgan fingerprint density at radius 2 is 1.92 bits per heavy atom. The number of carboxylic acid groups (broad SMARTS) is 1. The average molecular weight is 370 g/mol. The largest absolute Gasteiger partial charge is 0.481 e. The molecule has 0 saturated carbocycles. The SMILES string of the molecule is C[C@@H](O)[C@H](NC(=O)[C@@H](N)Cc1cnc[nH]1)C(=O)N[C@@H](CC(=O)O)C(N)=O. The normalized spacial score (nSPS) is 15.3. The van der Waals surface area contributed by atoms with Crippen molar-refractivity contribution in [1.29, 1.82) is 0 Å². The third-order valence-corrected chi connectivity index (χ3v) is 3.43. The van der Waals surface area contributed by atoms with Crippen LogP contribution in [0, 0.1) is 0 Å². The highest BCUT2D eigenvalue weighted by atomic mass is 16.4. The molecule has 0 fully saturated rings. The number of amides is 3. The number of primary amides is 1. The number of aromatic nitrogens is 2. The summed E-state index contributed by atoms with van der Waals surface area (Å²) < 4.78 is 0. The lowest BCUT2D eigenvalue weighted by Crippen LogP contribution is -2.59. The van der Waals surface area contributed by atoms with E-state index in [0.717, 1.165) is 0 Å². The molecule has 1 aromatic rings. The first-order valence-electron chi connectivity index (χ1n) is 7.64. The fourth-order valence-corrected chi connectivity index (χ4v) is 2.05. The molecule has 3 amide bonds. The molecular formula is C14H22N6O6. The number of aliphatic hydroxyl groups excluding tert-OH is 1. The summed E-state index contributed by atoms with van der Waals surface area (Å²) in [5, 5.41) is 22.8. The minimum absolute atomic E-state index is 0.114. The van der Waals surface area contributed by atoms with Crippen molar-refractivity contribution >= 4 is 23.7 Å². The Hall–Kier alpha value is -2.99. The predicted octanol–water partition coefficient (Wildman–Crippen LogP) is -3.41. The molecule has 1 heterocycles. The van der Waals surface area contributed by atoms with Gasteiger partial charge in [-0.05, 0) is 6.92 Å². The zero-order chi connectivity index (χ0) is 19.9. The van der Waals surface area contributed by atoms with Crippen LogP contribution in [0.5, 0.6) is 0 Å². The van der Waals surface area contributed by atoms with E-state index in [1.165, 1.54) is 19.4 Å². The molecule has 0 spiro atoms. The van der Waals surface area contributed by atoms with E-state index in [-0.39, 0.29) is 6.42 Å². The van der Waals surface area contributed by atoms with Crippen LogP contribution in [0.3, 0.4) is 0 Å². The van der Waals surface area contributed by atoms with Crippen LogP contribution in [0.1, 0.15) is 19.0 Å². The van der Waals surface area contributed by atoms with Gasteiger partial charge in [-0.15, -0.1) is 0 Å². The predicted molar refractivity (Wildman–Crippen MR) is 87.3 cm³/mol. The van der Waals surface area contributed by atoms with Crippen LogP contribution < -0.4 is 22.1 Å². The van der Waals surface area contributed by atoms with Crippen LogP contribution in [-0.2, 0) is 25.6 Å². The first-order valence-corrected chi connectivity index (χ1v) is 7.64. The number of imidazole rings is 1. The number of hydrogen-bond acceptors (Lipinski definition) is 7. The van der Waals surface area contributed by atoms with Crippen molar-refractivity contribution in [3.8, 4) is 0 Å². The summed E-state index contributed by atoms with van der Waals surface area (Å²) >= 11 is 0. The highest BCUT2D eigenvalue weighted by molar-refractivity contribution is 5.94. The molecule has 0 aliphatic rings. The van der Waals surface area contributed by atoms with Crippen LogP contribution in [0.4, 0.5) is 0 Å². The summed E-state index contributed by atoms with van der Waals surface area (Å²) in [5.74, 6) is -4.11. The van der Waals surface area contributed by atoms with Gasteiger partial charge in [-0.25, -0.2) is 4.98 Å². The Kier molecular flexibility index (Phi) is 7.68. The summed E-state index contributed by atoms with van der Waals surface area (Å²) in [4.78, 5) is 52.9. The van der Waals surface area contributed by atoms with Crippen molar-refractivity contribution < 1.29 is 29.4 Å². The van der Waals surface area contributed by atoms with Gasteiger partial charge in [0.15, 0.2) is 0 Å². The molecule has 0 unspecified atom stereocenters. The molecule has 12 nitrogen and oxygen atoms in total. The maximum Gasteiger partial charge on any atom is 0.305 e. The number of H-pyrrole nitrogens is 1. The lowest BCUT2D eigenvalue weighted by atomic mass is 10.1. The molecule has 0 bridgehead atoms. The summed E-state index contributed by atoms with van der Waals surface area (Å²) in [6.07, 6.45) is 0.939. The van der Waals surface area contributed by atoms with Crippen LogP contribution in [-0.4, -0.2) is 68.1 Å². The Morgan fingerprint density at radius 1 is 1.27 bits per heavy atom. The van der Waals surface area contributed by atoms with Crippen molar-refractivity contribution in [2.45, 2.75) is 44.0 Å². The summed E-state index contributed by atoms with van der Waals surface area (Å²) in [5.41, 5.74) is 11.4. The number of hydrogen-bond donors (Lipinski definition) is 7. The molecule has 0 saturated heterocycles. The van der Waals surface area contributed by atoms with Crippen LogP contribution in [0.25, 0.3) is 0 Å². The third kappa shape index (κ3) is 6.49. The molecule has 9 N–H and O–H groups in total. The van der Waals surface area contributed by atoms with Crippen LogP contribution in [0.15, 0.2) is 12.5 Å². The third-order valence-electron chi connectivity index (χ3n) is 3.43. The Morgan fingerprint density at radius 3 is 2.38 bits per heavy atom. The fourth-order valence-electron chi connectivity index (χ4n) is 2.05. The lowest BCUT2D eigenvalue weighted by molar-refractivity contribution is -0.140. The first-order chi connectivity index (χ1) is 12.1. The molecule has 0 aliphatic carbocycles. The maximum atomic E-state index is 12.2. The van der Waals surface area contributed by atoms with Gasteiger partial charge in [0.25, 0.3) is 0 Å². The lowest BCUT2D eigenvalue weighted by Gasteiger charge is -2.24. The Labute approximate surface area is 148 Å². The smallest absolute Gasteiger partial charge is 0.305 e. The molecule has 12 heteroatoms. The second kappa shape index (κ2) is 9.48. The fraction of sp³-hybridized carbons (Fsp3) is 0.500. The van der Waals surface area contributed by atoms with E-state index in [1.54, 1.807) is 0 Å². The Balaban J connectivity index is 2.74. The number of rotatable bonds is 10. The number of carbonyl (C=O) groups is 4. The molecular weight excluding hydrogens is 348 g/mol. The maximum absolute atomic E-state index is 12.2. The standard InChI is InChI=1S/C14H22N6O6/c1-6(21)11(14(26)19-9(12(16)24)3-10(22)23)20-13(25)8(15)2-7-4-17-5-18-7/h4-6,8-9,11,21H,2-3,15H2,1H3,(H2,16,24)(H,17,18)(H,19,26)(H,20,25)(H,22,23)/t6-,8+,9+,11+/m1/s1. The molecule has 1 aromatic heterocycles. The highest BCUT2D eigenvalue weighted by Gasteiger charge is 2.31. The van der Waals surface area contributed by atoms with Gasteiger partial charge >= 0.3 is 5.97 Å². The molecule has 0 aliphatic heterocycles. The van der Waals surface area contributed by atoms with E-state index in [9.17, 15) is 24.3 Å². The monoisotopic (exact) mass is 370 g/mol. The first kappa shape index (κ1) is 21.1. The van der Waals surface area contributed by atoms with Gasteiger partial charge in [0, 0.05) is 18.3 Å². The second-order valence-electron chi connectivity index (χ2n) is 5.68. The highest BCUT2D eigenvalue weighted by Crippen LogP contribution is 2.01. The number of aromatic amines is 1. The molecule has 1 rings (SSSR count). The number of aliphatic carboxylic acids is 1. The second-order valence-corrected chi connectivity index (χ2v) is 5.68. The van der Waals surface area contributed by atoms with Crippen LogP contribution in [0.2, 0.25) is 0 Å². The molecule has 144 valence electrons. The van der Waals surface area contributed by atoms with Gasteiger partial charge in [0.05, 0.1) is 24.9 Å². The van der Waals surface area contributed by atoms with Gasteiger partial charge in [-0.2, -0.15) is 0 Å². The zero-order valence-electron chi connectivity index (χ0n) is 14.0. The number of nitrogens with one attached hydrogen (secondary N) is 3. The van der Waals surface area contributed by atoms with Crippen molar-refractivity contribution in [3.05, 3.63) is 18.2 Å². The van der Waals surface area contributed by atoms with Gasteiger partial charge in [-0.3, -0.25) is 19.2 Å². The molecule has 0 radical (unpaired) electrons. The van der Waals surface area contributed by atoms with Crippen molar-refractivity contribution in [3.63, 3.8) is 0 Å². The van der Waals surface area contributed by atoms with Crippen molar-refractivity contribution in [2.24, 2.45) is 11.5 Å². The molecule has 0 aromatic carbocycles. The zero-order valence-corrected chi connectivity index (χ0v) is 14.0. The van der Waals surface area contributed by atoms with E-state index in [1.807, 2.05) is 0 Å². The number of aliphatic hydroxyl groups is 1. The van der Waals surface area contributed by atoms with Gasteiger partial charge < -0.3 is 37.3 Å². The van der Waals surface area contributed by atoms with Crippen molar-refractivity contribution in [1.82, 2.24) is 20.6 Å². The summed E-state index contributed by atoms with van der Waals surface area (Å²) in [7, 11) is 0. The molecule has 26 heavy (non-hydrogen) atoms. The Bertz CT molecular complexity index is 646. The number of nitrogens with two attached hydrogens (primary N) is 2. The molecule has 4 atom stereocenters. The van der Waals surface area contributed by atoms with Crippen LogP contribution >= 0.6 is 0 Å². The van der Waals surface area contributed by atoms with E-state index in [0.29, 0.717) is 5.69 Å². The number of carboxylic acids is 1. The van der Waals surface area contributed by atoms with Gasteiger partial charge in [0.2, 0.25) is 17.7 Å². The number of nitrogens with zero attached hydrogens (tertiary/aromatic N) is 1. The van der Waals surface area contributed by atoms with E-state index < -0.39 is 54.3 Å². The summed E-state index contributed by atoms with van der Waals surface area (Å²) in [6.45, 7) is 1.24. The van der Waals surface area contributed by atoms with Crippen molar-refractivity contribution in [2.75, 3.05) is 0 Å². The number of carbonyl (C=O) groups excluding carboxylic acids is 3. The minimum Gasteiger partial charge on any atom is -0.481 e. The topological polar surface area (TPSA) is 214 Å².